The Bertz CT molecular complexity index is 589. The Morgan fingerprint density at radius 1 is 1.28 bits per heavy atom. The van der Waals surface area contributed by atoms with Crippen molar-refractivity contribution < 1.29 is 4.39 Å². The van der Waals surface area contributed by atoms with Gasteiger partial charge in [0.05, 0.1) is 17.8 Å². The lowest BCUT2D eigenvalue weighted by Gasteiger charge is -2.07. The summed E-state index contributed by atoms with van der Waals surface area (Å²) in [7, 11) is 0. The Morgan fingerprint density at radius 2 is 2.00 bits per heavy atom. The average Bonchev–Trinajstić information content (AvgIpc) is 2.42. The summed E-state index contributed by atoms with van der Waals surface area (Å²) in [6.07, 6.45) is 1.01. The molecular weight excluding hydrogens is 235 g/mol. The Morgan fingerprint density at radius 3 is 2.61 bits per heavy atom. The second kappa shape index (κ2) is 5.07. The number of nitrogens with two attached hydrogens (primary N) is 1. The van der Waals surface area contributed by atoms with Crippen LogP contribution in [0, 0.1) is 17.1 Å². The molecule has 1 aromatic carbocycles. The van der Waals surface area contributed by atoms with Crippen LogP contribution in [-0.4, -0.2) is 9.97 Å². The van der Waals surface area contributed by atoms with Crippen LogP contribution in [0.25, 0.3) is 0 Å². The van der Waals surface area contributed by atoms with E-state index < -0.39 is 5.82 Å². The largest absolute Gasteiger partial charge is 0.338 e. The summed E-state index contributed by atoms with van der Waals surface area (Å²) in [4.78, 5) is 7.45. The molecule has 0 unspecified atom stereocenters. The highest BCUT2D eigenvalue weighted by Gasteiger charge is 2.06. The van der Waals surface area contributed by atoms with Crippen LogP contribution in [0.5, 0.6) is 0 Å². The lowest BCUT2D eigenvalue weighted by atomic mass is 10.2. The van der Waals surface area contributed by atoms with Gasteiger partial charge in [0.25, 0.3) is 0 Å². The standard InChI is InChI=1S/C11H9FN6/c12-9-6-15-11(18-14)17-10(9)16-8-3-1-7(5-13)2-4-8/h1-4,6H,14H2,(H2,15,16,17,18). The number of hydrazine groups is 1. The molecular formula is C11H9FN6. The molecule has 4 N–H and O–H groups in total. The molecule has 1 heterocycles. The maximum atomic E-state index is 13.4. The Labute approximate surface area is 102 Å². The molecule has 2 aromatic rings. The molecule has 0 aliphatic rings. The van der Waals surface area contributed by atoms with Gasteiger partial charge < -0.3 is 5.32 Å². The van der Waals surface area contributed by atoms with Crippen LogP contribution >= 0.6 is 0 Å². The minimum atomic E-state index is -0.599. The van der Waals surface area contributed by atoms with Gasteiger partial charge in [-0.1, -0.05) is 0 Å². The molecule has 0 fully saturated rings. The molecule has 0 saturated heterocycles. The molecule has 0 atom stereocenters. The van der Waals surface area contributed by atoms with E-state index >= 15 is 0 Å². The molecule has 0 spiro atoms. The second-order valence-corrected chi connectivity index (χ2v) is 3.35. The van der Waals surface area contributed by atoms with Gasteiger partial charge in [0.2, 0.25) is 5.95 Å². The van der Waals surface area contributed by atoms with Crippen LogP contribution in [0.15, 0.2) is 30.5 Å². The van der Waals surface area contributed by atoms with Gasteiger partial charge in [-0.05, 0) is 24.3 Å². The Kier molecular flexibility index (Phi) is 3.31. The quantitative estimate of drug-likeness (QED) is 0.559. The van der Waals surface area contributed by atoms with E-state index in [0.29, 0.717) is 11.3 Å². The average molecular weight is 244 g/mol. The van der Waals surface area contributed by atoms with Gasteiger partial charge in [-0.25, -0.2) is 15.2 Å². The first-order chi connectivity index (χ1) is 8.72. The van der Waals surface area contributed by atoms with Crippen LogP contribution in [0.2, 0.25) is 0 Å². The number of aromatic nitrogens is 2. The molecule has 6 nitrogen and oxygen atoms in total. The zero-order valence-electron chi connectivity index (χ0n) is 9.18. The van der Waals surface area contributed by atoms with Crippen molar-refractivity contribution in [3.8, 4) is 6.07 Å². The monoisotopic (exact) mass is 244 g/mol. The van der Waals surface area contributed by atoms with Crippen molar-refractivity contribution in [3.63, 3.8) is 0 Å². The maximum Gasteiger partial charge on any atom is 0.239 e. The van der Waals surface area contributed by atoms with Crippen molar-refractivity contribution in [1.82, 2.24) is 9.97 Å². The summed E-state index contributed by atoms with van der Waals surface area (Å²) in [6, 6.07) is 8.52. The molecule has 90 valence electrons. The van der Waals surface area contributed by atoms with E-state index in [9.17, 15) is 4.39 Å². The summed E-state index contributed by atoms with van der Waals surface area (Å²) in [5, 5.41) is 11.4. The minimum absolute atomic E-state index is 0.00246. The van der Waals surface area contributed by atoms with E-state index in [2.05, 4.69) is 20.7 Å². The predicted octanol–water partition coefficient (Wildman–Crippen LogP) is 1.52. The number of anilines is 3. The number of nitrogens with zero attached hydrogens (tertiary/aromatic N) is 3. The van der Waals surface area contributed by atoms with Gasteiger partial charge in [0.15, 0.2) is 11.6 Å². The van der Waals surface area contributed by atoms with Crippen molar-refractivity contribution in [1.29, 1.82) is 5.26 Å². The van der Waals surface area contributed by atoms with Crippen molar-refractivity contribution in [3.05, 3.63) is 41.8 Å². The number of hydrogen-bond donors (Lipinski definition) is 3. The van der Waals surface area contributed by atoms with Crippen LogP contribution in [0.4, 0.5) is 21.8 Å². The highest BCUT2D eigenvalue weighted by atomic mass is 19.1. The third kappa shape index (κ3) is 2.50. The van der Waals surface area contributed by atoms with Crippen molar-refractivity contribution >= 4 is 17.5 Å². The fourth-order valence-electron chi connectivity index (χ4n) is 1.29. The van der Waals surface area contributed by atoms with Crippen LogP contribution in [-0.2, 0) is 0 Å². The molecule has 0 bridgehead atoms. The van der Waals surface area contributed by atoms with E-state index in [4.69, 9.17) is 11.1 Å². The SMILES string of the molecule is N#Cc1ccc(Nc2nc(NN)ncc2F)cc1. The maximum absolute atomic E-state index is 13.4. The number of hydrogen-bond acceptors (Lipinski definition) is 6. The smallest absolute Gasteiger partial charge is 0.239 e. The van der Waals surface area contributed by atoms with Gasteiger partial charge in [0.1, 0.15) is 0 Å². The first-order valence-electron chi connectivity index (χ1n) is 4.99. The number of rotatable bonds is 3. The van der Waals surface area contributed by atoms with Crippen LogP contribution in [0.1, 0.15) is 5.56 Å². The zero-order chi connectivity index (χ0) is 13.0. The highest BCUT2D eigenvalue weighted by Crippen LogP contribution is 2.18. The van der Waals surface area contributed by atoms with Gasteiger partial charge >= 0.3 is 0 Å². The molecule has 0 aliphatic heterocycles. The first kappa shape index (κ1) is 11.8. The number of nitrogens with one attached hydrogen (secondary N) is 2. The number of nitriles is 1. The van der Waals surface area contributed by atoms with Gasteiger partial charge in [-0.2, -0.15) is 10.2 Å². The third-order valence-corrected chi connectivity index (χ3v) is 2.15. The lowest BCUT2D eigenvalue weighted by molar-refractivity contribution is 0.619. The molecule has 0 saturated carbocycles. The topological polar surface area (TPSA) is 99.7 Å². The third-order valence-electron chi connectivity index (χ3n) is 2.15. The van der Waals surface area contributed by atoms with Crippen LogP contribution < -0.4 is 16.6 Å². The van der Waals surface area contributed by atoms with Crippen molar-refractivity contribution in [2.45, 2.75) is 0 Å². The van der Waals surface area contributed by atoms with Gasteiger partial charge in [0, 0.05) is 5.69 Å². The van der Waals surface area contributed by atoms with Crippen molar-refractivity contribution in [2.24, 2.45) is 5.84 Å². The molecule has 18 heavy (non-hydrogen) atoms. The minimum Gasteiger partial charge on any atom is -0.338 e. The molecule has 2 rings (SSSR count). The normalized spacial score (nSPS) is 9.61. The summed E-state index contributed by atoms with van der Waals surface area (Å²) < 4.78 is 13.4. The van der Waals surface area contributed by atoms with E-state index in [-0.39, 0.29) is 11.8 Å². The first-order valence-corrected chi connectivity index (χ1v) is 4.99. The lowest BCUT2D eigenvalue weighted by Crippen LogP contribution is -2.11. The fourth-order valence-corrected chi connectivity index (χ4v) is 1.29. The predicted molar refractivity (Wildman–Crippen MR) is 64.2 cm³/mol. The highest BCUT2D eigenvalue weighted by molar-refractivity contribution is 5.58. The van der Waals surface area contributed by atoms with Crippen LogP contribution in [0.3, 0.4) is 0 Å². The van der Waals surface area contributed by atoms with Gasteiger partial charge in [-0.15, -0.1) is 0 Å². The Hall–Kier alpha value is -2.72. The summed E-state index contributed by atoms with van der Waals surface area (Å²) in [5.41, 5.74) is 3.35. The molecule has 0 radical (unpaired) electrons. The van der Waals surface area contributed by atoms with E-state index in [1.54, 1.807) is 24.3 Å². The molecule has 1 aromatic heterocycles. The number of halogens is 1. The molecule has 7 heteroatoms. The zero-order valence-corrected chi connectivity index (χ0v) is 9.18. The summed E-state index contributed by atoms with van der Waals surface area (Å²) in [6.45, 7) is 0. The Balaban J connectivity index is 2.25. The number of benzene rings is 1. The summed E-state index contributed by atoms with van der Waals surface area (Å²) in [5.74, 6) is 4.65. The van der Waals surface area contributed by atoms with Crippen molar-refractivity contribution in [2.75, 3.05) is 10.7 Å². The molecule has 0 amide bonds. The van der Waals surface area contributed by atoms with E-state index in [1.807, 2.05) is 6.07 Å². The van der Waals surface area contributed by atoms with Gasteiger partial charge in [-0.3, -0.25) is 5.43 Å². The van der Waals surface area contributed by atoms with E-state index in [0.717, 1.165) is 6.20 Å². The molecule has 0 aliphatic carbocycles. The summed E-state index contributed by atoms with van der Waals surface area (Å²) >= 11 is 0. The van der Waals surface area contributed by atoms with E-state index in [1.165, 1.54) is 0 Å². The fraction of sp³-hybridized carbons (Fsp3) is 0. The second-order valence-electron chi connectivity index (χ2n) is 3.35. The number of nitrogen functional groups attached to an aromatic ring is 1.